The van der Waals surface area contributed by atoms with E-state index in [4.69, 9.17) is 5.73 Å². The van der Waals surface area contributed by atoms with Crippen molar-refractivity contribution < 1.29 is 9.59 Å². The van der Waals surface area contributed by atoms with Gasteiger partial charge in [-0.2, -0.15) is 5.10 Å². The maximum atomic E-state index is 12.9. The number of hydrogen-bond acceptors (Lipinski definition) is 5. The number of carbonyl (C=O) groups is 2. The van der Waals surface area contributed by atoms with Crippen molar-refractivity contribution in [2.45, 2.75) is 20.4 Å². The van der Waals surface area contributed by atoms with Crippen LogP contribution in [0.25, 0.3) is 16.7 Å². The largest absolute Gasteiger partial charge is 0.366 e. The minimum absolute atomic E-state index is 0.214. The third kappa shape index (κ3) is 3.93. The molecule has 0 atom stereocenters. The highest BCUT2D eigenvalue weighted by atomic mass is 16.2. The molecule has 2 amide bonds. The Balaban J connectivity index is 1.58. The van der Waals surface area contributed by atoms with Gasteiger partial charge in [-0.05, 0) is 49.7 Å². The lowest BCUT2D eigenvalue weighted by Crippen LogP contribution is -2.27. The number of amides is 2. The van der Waals surface area contributed by atoms with Crippen LogP contribution >= 0.6 is 0 Å². The molecule has 2 heterocycles. The van der Waals surface area contributed by atoms with Gasteiger partial charge in [-0.15, -0.1) is 0 Å². The van der Waals surface area contributed by atoms with Crippen molar-refractivity contribution in [3.8, 4) is 5.69 Å². The predicted molar refractivity (Wildman–Crippen MR) is 116 cm³/mol. The summed E-state index contributed by atoms with van der Waals surface area (Å²) < 4.78 is 2.85. The second kappa shape index (κ2) is 7.86. The third-order valence-electron chi connectivity index (χ3n) is 4.90. The number of benzene rings is 2. The molecule has 2 aromatic carbocycles. The highest BCUT2D eigenvalue weighted by Crippen LogP contribution is 2.18. The van der Waals surface area contributed by atoms with Gasteiger partial charge in [0.05, 0.1) is 11.9 Å². The lowest BCUT2D eigenvalue weighted by molar-refractivity contribution is -0.116. The molecular weight excluding hydrogens is 396 g/mol. The molecule has 3 N–H and O–H groups in total. The van der Waals surface area contributed by atoms with E-state index < -0.39 is 11.8 Å². The monoisotopic (exact) mass is 416 g/mol. The van der Waals surface area contributed by atoms with Gasteiger partial charge in [0, 0.05) is 11.3 Å². The van der Waals surface area contributed by atoms with Gasteiger partial charge >= 0.3 is 0 Å². The lowest BCUT2D eigenvalue weighted by Gasteiger charge is -2.09. The average Bonchev–Trinajstić information content (AvgIpc) is 3.15. The SMILES string of the molecule is Cc1ccc(-n2ncc3c(=O)n(CC(=O)Nc4ccc(C(N)=O)cc4)cnc32)c(C)c1. The second-order valence-electron chi connectivity index (χ2n) is 7.25. The summed E-state index contributed by atoms with van der Waals surface area (Å²) in [6.45, 7) is 3.76. The molecule has 0 aliphatic rings. The van der Waals surface area contributed by atoms with Crippen molar-refractivity contribution in [2.24, 2.45) is 5.73 Å². The Bertz CT molecular complexity index is 1370. The number of aryl methyl sites for hydroxylation is 2. The van der Waals surface area contributed by atoms with Crippen LogP contribution in [0, 0.1) is 13.8 Å². The van der Waals surface area contributed by atoms with Gasteiger partial charge < -0.3 is 11.1 Å². The van der Waals surface area contributed by atoms with Gasteiger partial charge in [-0.1, -0.05) is 17.7 Å². The summed E-state index contributed by atoms with van der Waals surface area (Å²) in [4.78, 5) is 40.7. The fraction of sp³-hybridized carbons (Fsp3) is 0.136. The zero-order valence-electron chi connectivity index (χ0n) is 17.0. The van der Waals surface area contributed by atoms with Crippen LogP contribution in [0.2, 0.25) is 0 Å². The first kappa shape index (κ1) is 20.0. The Morgan fingerprint density at radius 1 is 1.10 bits per heavy atom. The second-order valence-corrected chi connectivity index (χ2v) is 7.25. The molecule has 0 spiro atoms. The number of fused-ring (bicyclic) bond motifs is 1. The van der Waals surface area contributed by atoms with Crippen LogP contribution in [0.4, 0.5) is 5.69 Å². The minimum atomic E-state index is -0.551. The first-order valence-electron chi connectivity index (χ1n) is 9.54. The molecule has 0 unspecified atom stereocenters. The van der Waals surface area contributed by atoms with Crippen LogP contribution in [0.3, 0.4) is 0 Å². The number of nitrogens with two attached hydrogens (primary N) is 1. The predicted octanol–water partition coefficient (Wildman–Crippen LogP) is 1.94. The standard InChI is InChI=1S/C22H20N6O3/c1-13-3-8-18(14(2)9-13)28-21-17(10-25-28)22(31)27(12-24-21)11-19(29)26-16-6-4-15(5-7-16)20(23)30/h3-10,12H,11H2,1-2H3,(H2,23,30)(H,26,29). The Kier molecular flexibility index (Phi) is 5.08. The maximum Gasteiger partial charge on any atom is 0.264 e. The van der Waals surface area contributed by atoms with Crippen LogP contribution in [0.5, 0.6) is 0 Å². The van der Waals surface area contributed by atoms with E-state index in [9.17, 15) is 14.4 Å². The van der Waals surface area contributed by atoms with Gasteiger partial charge in [0.2, 0.25) is 11.8 Å². The first-order chi connectivity index (χ1) is 14.8. The molecule has 156 valence electrons. The normalized spacial score (nSPS) is 10.9. The maximum absolute atomic E-state index is 12.9. The molecule has 4 rings (SSSR count). The fourth-order valence-corrected chi connectivity index (χ4v) is 3.35. The molecule has 0 aliphatic carbocycles. The van der Waals surface area contributed by atoms with E-state index in [-0.39, 0.29) is 12.1 Å². The summed E-state index contributed by atoms with van der Waals surface area (Å²) in [6, 6.07) is 12.1. The van der Waals surface area contributed by atoms with Crippen molar-refractivity contribution >= 4 is 28.5 Å². The van der Waals surface area contributed by atoms with Crippen molar-refractivity contribution in [1.82, 2.24) is 19.3 Å². The van der Waals surface area contributed by atoms with Gasteiger partial charge in [0.25, 0.3) is 5.56 Å². The van der Waals surface area contributed by atoms with Gasteiger partial charge in [-0.25, -0.2) is 9.67 Å². The van der Waals surface area contributed by atoms with Crippen LogP contribution in [0.15, 0.2) is 59.8 Å². The minimum Gasteiger partial charge on any atom is -0.366 e. The Morgan fingerprint density at radius 3 is 2.52 bits per heavy atom. The average molecular weight is 416 g/mol. The Morgan fingerprint density at radius 2 is 1.84 bits per heavy atom. The molecule has 2 aromatic heterocycles. The van der Waals surface area contributed by atoms with Crippen molar-refractivity contribution in [1.29, 1.82) is 0 Å². The molecule has 31 heavy (non-hydrogen) atoms. The molecule has 0 aliphatic heterocycles. The van der Waals surface area contributed by atoms with Crippen LogP contribution in [-0.2, 0) is 11.3 Å². The molecule has 9 heteroatoms. The van der Waals surface area contributed by atoms with E-state index in [1.54, 1.807) is 16.8 Å². The fourth-order valence-electron chi connectivity index (χ4n) is 3.35. The number of nitrogens with zero attached hydrogens (tertiary/aromatic N) is 4. The van der Waals surface area contributed by atoms with Gasteiger partial charge in [0.15, 0.2) is 5.65 Å². The highest BCUT2D eigenvalue weighted by Gasteiger charge is 2.14. The highest BCUT2D eigenvalue weighted by molar-refractivity contribution is 5.94. The number of carbonyl (C=O) groups excluding carboxylic acids is 2. The van der Waals surface area contributed by atoms with Gasteiger partial charge in [-0.3, -0.25) is 19.0 Å². The third-order valence-corrected chi connectivity index (χ3v) is 4.90. The summed E-state index contributed by atoms with van der Waals surface area (Å²) in [5, 5.41) is 7.33. The number of hydrogen-bond donors (Lipinski definition) is 2. The van der Waals surface area contributed by atoms with Crippen molar-refractivity contribution in [3.63, 3.8) is 0 Å². The van der Waals surface area contributed by atoms with E-state index in [0.29, 0.717) is 22.3 Å². The molecule has 0 fully saturated rings. The molecule has 0 radical (unpaired) electrons. The molecule has 0 saturated heterocycles. The molecule has 0 bridgehead atoms. The topological polar surface area (TPSA) is 125 Å². The smallest absolute Gasteiger partial charge is 0.264 e. The first-order valence-corrected chi connectivity index (χ1v) is 9.54. The molecular formula is C22H20N6O3. The van der Waals surface area contributed by atoms with Gasteiger partial charge in [0.1, 0.15) is 18.3 Å². The molecule has 9 nitrogen and oxygen atoms in total. The number of aromatic nitrogens is 4. The summed E-state index contributed by atoms with van der Waals surface area (Å²) >= 11 is 0. The summed E-state index contributed by atoms with van der Waals surface area (Å²) in [6.07, 6.45) is 2.79. The van der Waals surface area contributed by atoms with Crippen molar-refractivity contribution in [2.75, 3.05) is 5.32 Å². The molecule has 4 aromatic rings. The van der Waals surface area contributed by atoms with Crippen LogP contribution in [-0.4, -0.2) is 31.1 Å². The number of primary amides is 1. The van der Waals surface area contributed by atoms with E-state index in [1.165, 1.54) is 29.2 Å². The van der Waals surface area contributed by atoms with Crippen LogP contribution in [0.1, 0.15) is 21.5 Å². The summed E-state index contributed by atoms with van der Waals surface area (Å²) in [7, 11) is 0. The quantitative estimate of drug-likeness (QED) is 0.514. The zero-order valence-corrected chi connectivity index (χ0v) is 17.0. The van der Waals surface area contributed by atoms with Crippen molar-refractivity contribution in [3.05, 3.63) is 82.0 Å². The number of rotatable bonds is 5. The van der Waals surface area contributed by atoms with E-state index in [1.807, 2.05) is 32.0 Å². The van der Waals surface area contributed by atoms with E-state index in [0.717, 1.165) is 16.8 Å². The Hall–Kier alpha value is -4.27. The van der Waals surface area contributed by atoms with E-state index in [2.05, 4.69) is 15.4 Å². The summed E-state index contributed by atoms with van der Waals surface area (Å²) in [5.74, 6) is -0.956. The Labute approximate surface area is 177 Å². The molecule has 0 saturated carbocycles. The van der Waals surface area contributed by atoms with Crippen LogP contribution < -0.4 is 16.6 Å². The number of nitrogens with one attached hydrogen (secondary N) is 1. The zero-order chi connectivity index (χ0) is 22.1. The van der Waals surface area contributed by atoms with E-state index >= 15 is 0 Å². The number of anilines is 1. The lowest BCUT2D eigenvalue weighted by atomic mass is 10.1. The summed E-state index contributed by atoms with van der Waals surface area (Å²) in [5.41, 5.74) is 9.07.